The molecule has 2 N–H and O–H groups in total. The summed E-state index contributed by atoms with van der Waals surface area (Å²) in [4.78, 5) is 12.0. The number of rotatable bonds is 4. The largest absolute Gasteiger partial charge is 0.374 e. The molecule has 1 heterocycles. The quantitative estimate of drug-likeness (QED) is 0.909. The minimum absolute atomic E-state index is 0.157. The Morgan fingerprint density at radius 3 is 2.70 bits per heavy atom. The molecule has 1 amide bonds. The standard InChI is InChI=1S/C13H15ClN4OS/c1-7-6-10(14)4-5-11(7)15-8(2)12(19)16-13-18-17-9(3)20-13/h4-6,8,15H,1-3H3,(H,16,18,19)/t8-/m0/s1. The Bertz CT molecular complexity index is 629. The highest BCUT2D eigenvalue weighted by Gasteiger charge is 2.15. The zero-order chi connectivity index (χ0) is 14.7. The summed E-state index contributed by atoms with van der Waals surface area (Å²) in [5.41, 5.74) is 1.87. The molecule has 1 aromatic carbocycles. The molecule has 2 aromatic rings. The number of aromatic nitrogens is 2. The maximum absolute atomic E-state index is 12.0. The van der Waals surface area contributed by atoms with Gasteiger partial charge in [0.1, 0.15) is 11.0 Å². The lowest BCUT2D eigenvalue weighted by atomic mass is 10.2. The number of anilines is 2. The van der Waals surface area contributed by atoms with Crippen molar-refractivity contribution in [1.29, 1.82) is 0 Å². The number of hydrogen-bond acceptors (Lipinski definition) is 5. The average molecular weight is 311 g/mol. The van der Waals surface area contributed by atoms with Crippen LogP contribution in [0.5, 0.6) is 0 Å². The molecule has 1 aromatic heterocycles. The van der Waals surface area contributed by atoms with E-state index in [1.807, 2.05) is 26.0 Å². The minimum Gasteiger partial charge on any atom is -0.374 e. The van der Waals surface area contributed by atoms with Gasteiger partial charge in [0.05, 0.1) is 0 Å². The van der Waals surface area contributed by atoms with Gasteiger partial charge >= 0.3 is 0 Å². The molecule has 0 saturated heterocycles. The summed E-state index contributed by atoms with van der Waals surface area (Å²) in [5.74, 6) is -0.157. The van der Waals surface area contributed by atoms with E-state index in [9.17, 15) is 4.79 Å². The van der Waals surface area contributed by atoms with E-state index in [0.29, 0.717) is 10.2 Å². The molecule has 5 nitrogen and oxygen atoms in total. The van der Waals surface area contributed by atoms with Crippen LogP contribution in [0, 0.1) is 13.8 Å². The monoisotopic (exact) mass is 310 g/mol. The van der Waals surface area contributed by atoms with E-state index in [1.165, 1.54) is 11.3 Å². The van der Waals surface area contributed by atoms with Crippen LogP contribution in [0.15, 0.2) is 18.2 Å². The number of nitrogens with one attached hydrogen (secondary N) is 2. The summed E-state index contributed by atoms with van der Waals surface area (Å²) in [7, 11) is 0. The number of benzene rings is 1. The summed E-state index contributed by atoms with van der Waals surface area (Å²) in [6.07, 6.45) is 0. The molecule has 0 fully saturated rings. The van der Waals surface area contributed by atoms with Gasteiger partial charge in [-0.2, -0.15) is 0 Å². The zero-order valence-corrected chi connectivity index (χ0v) is 13.0. The molecule has 0 spiro atoms. The van der Waals surface area contributed by atoms with Crippen molar-refractivity contribution in [2.24, 2.45) is 0 Å². The molecule has 20 heavy (non-hydrogen) atoms. The minimum atomic E-state index is -0.390. The van der Waals surface area contributed by atoms with Crippen molar-refractivity contribution < 1.29 is 4.79 Å². The molecule has 0 radical (unpaired) electrons. The molecular weight excluding hydrogens is 296 g/mol. The first-order chi connectivity index (χ1) is 9.45. The highest BCUT2D eigenvalue weighted by molar-refractivity contribution is 7.15. The van der Waals surface area contributed by atoms with E-state index in [1.54, 1.807) is 13.0 Å². The van der Waals surface area contributed by atoms with Crippen molar-refractivity contribution in [2.45, 2.75) is 26.8 Å². The van der Waals surface area contributed by atoms with E-state index in [2.05, 4.69) is 20.8 Å². The molecule has 0 unspecified atom stereocenters. The van der Waals surface area contributed by atoms with Crippen LogP contribution in [0.25, 0.3) is 0 Å². The fraction of sp³-hybridized carbons (Fsp3) is 0.308. The second-order valence-corrected chi connectivity index (χ2v) is 6.06. The van der Waals surface area contributed by atoms with Gasteiger partial charge in [0, 0.05) is 10.7 Å². The summed E-state index contributed by atoms with van der Waals surface area (Å²) < 4.78 is 0. The average Bonchev–Trinajstić information content (AvgIpc) is 2.78. The van der Waals surface area contributed by atoms with Crippen molar-refractivity contribution >= 4 is 39.7 Å². The number of halogens is 1. The summed E-state index contributed by atoms with van der Waals surface area (Å²) in [5, 5.41) is 15.6. The number of aryl methyl sites for hydroxylation is 2. The lowest BCUT2D eigenvalue weighted by Crippen LogP contribution is -2.32. The third-order valence-corrected chi connectivity index (χ3v) is 3.70. The Hall–Kier alpha value is -1.66. The molecule has 106 valence electrons. The molecular formula is C13H15ClN4OS. The van der Waals surface area contributed by atoms with Crippen LogP contribution in [-0.2, 0) is 4.79 Å². The molecule has 2 rings (SSSR count). The lowest BCUT2D eigenvalue weighted by molar-refractivity contribution is -0.116. The predicted octanol–water partition coefficient (Wildman–Crippen LogP) is 3.25. The van der Waals surface area contributed by atoms with E-state index in [4.69, 9.17) is 11.6 Å². The van der Waals surface area contributed by atoms with Gasteiger partial charge in [-0.05, 0) is 44.5 Å². The van der Waals surface area contributed by atoms with Gasteiger partial charge in [-0.1, -0.05) is 22.9 Å². The molecule has 0 aliphatic rings. The first-order valence-electron chi connectivity index (χ1n) is 6.09. The Morgan fingerprint density at radius 1 is 1.35 bits per heavy atom. The topological polar surface area (TPSA) is 66.9 Å². The normalized spacial score (nSPS) is 12.0. The fourth-order valence-corrected chi connectivity index (χ4v) is 2.47. The van der Waals surface area contributed by atoms with E-state index >= 15 is 0 Å². The first-order valence-corrected chi connectivity index (χ1v) is 7.29. The van der Waals surface area contributed by atoms with E-state index in [0.717, 1.165) is 16.3 Å². The smallest absolute Gasteiger partial charge is 0.248 e. The Labute approximate surface area is 126 Å². The number of carbonyl (C=O) groups excluding carboxylic acids is 1. The third-order valence-electron chi connectivity index (χ3n) is 2.71. The lowest BCUT2D eigenvalue weighted by Gasteiger charge is -2.16. The van der Waals surface area contributed by atoms with Crippen molar-refractivity contribution in [3.05, 3.63) is 33.8 Å². The Morgan fingerprint density at radius 2 is 2.10 bits per heavy atom. The number of nitrogens with zero attached hydrogens (tertiary/aromatic N) is 2. The van der Waals surface area contributed by atoms with Gasteiger partial charge in [-0.3, -0.25) is 10.1 Å². The van der Waals surface area contributed by atoms with Crippen LogP contribution < -0.4 is 10.6 Å². The second-order valence-electron chi connectivity index (χ2n) is 4.44. The van der Waals surface area contributed by atoms with Crippen LogP contribution in [0.2, 0.25) is 5.02 Å². The predicted molar refractivity (Wildman–Crippen MR) is 82.5 cm³/mol. The summed E-state index contributed by atoms with van der Waals surface area (Å²) in [6.45, 7) is 5.57. The fourth-order valence-electron chi connectivity index (χ4n) is 1.65. The number of amides is 1. The van der Waals surface area contributed by atoms with Crippen LogP contribution in [0.4, 0.5) is 10.8 Å². The second kappa shape index (κ2) is 6.19. The number of carbonyl (C=O) groups is 1. The number of hydrogen-bond donors (Lipinski definition) is 2. The SMILES string of the molecule is Cc1nnc(NC(=O)[C@H](C)Nc2ccc(Cl)cc2C)s1. The summed E-state index contributed by atoms with van der Waals surface area (Å²) in [6, 6.07) is 5.11. The summed E-state index contributed by atoms with van der Waals surface area (Å²) >= 11 is 7.25. The van der Waals surface area contributed by atoms with Gasteiger partial charge in [0.2, 0.25) is 11.0 Å². The molecule has 0 bridgehead atoms. The van der Waals surface area contributed by atoms with Crippen molar-refractivity contribution in [1.82, 2.24) is 10.2 Å². The molecule has 7 heteroatoms. The molecule has 0 aliphatic carbocycles. The third kappa shape index (κ3) is 3.68. The van der Waals surface area contributed by atoms with Crippen molar-refractivity contribution in [3.8, 4) is 0 Å². The maximum atomic E-state index is 12.0. The van der Waals surface area contributed by atoms with Crippen molar-refractivity contribution in [3.63, 3.8) is 0 Å². The van der Waals surface area contributed by atoms with Gasteiger partial charge in [0.25, 0.3) is 0 Å². The van der Waals surface area contributed by atoms with Crippen LogP contribution in [0.3, 0.4) is 0 Å². The van der Waals surface area contributed by atoms with Crippen molar-refractivity contribution in [2.75, 3.05) is 10.6 Å². The van der Waals surface area contributed by atoms with Crippen LogP contribution in [-0.4, -0.2) is 22.1 Å². The maximum Gasteiger partial charge on any atom is 0.248 e. The van der Waals surface area contributed by atoms with Crippen LogP contribution in [0.1, 0.15) is 17.5 Å². The first kappa shape index (κ1) is 14.7. The highest BCUT2D eigenvalue weighted by Crippen LogP contribution is 2.21. The van der Waals surface area contributed by atoms with E-state index in [-0.39, 0.29) is 11.9 Å². The molecule has 0 saturated carbocycles. The van der Waals surface area contributed by atoms with E-state index < -0.39 is 0 Å². The van der Waals surface area contributed by atoms with Gasteiger partial charge in [-0.15, -0.1) is 10.2 Å². The van der Waals surface area contributed by atoms with Gasteiger partial charge in [0.15, 0.2) is 0 Å². The molecule has 0 aliphatic heterocycles. The Balaban J connectivity index is 2.00. The van der Waals surface area contributed by atoms with Gasteiger partial charge in [-0.25, -0.2) is 0 Å². The molecule has 1 atom stereocenters. The zero-order valence-electron chi connectivity index (χ0n) is 11.4. The Kier molecular flexibility index (Phi) is 4.57. The van der Waals surface area contributed by atoms with Gasteiger partial charge < -0.3 is 5.32 Å². The highest BCUT2D eigenvalue weighted by atomic mass is 35.5. The van der Waals surface area contributed by atoms with Crippen LogP contribution >= 0.6 is 22.9 Å².